The Hall–Kier alpha value is -2.62. The summed E-state index contributed by atoms with van der Waals surface area (Å²) in [5.41, 5.74) is 4.08. The highest BCUT2D eigenvalue weighted by Gasteiger charge is 2.05. The summed E-state index contributed by atoms with van der Waals surface area (Å²) in [6.07, 6.45) is 5.00. The number of benzene rings is 1. The number of aromatic nitrogens is 1. The molecule has 1 heterocycles. The van der Waals surface area contributed by atoms with Crippen molar-refractivity contribution in [3.8, 4) is 5.75 Å². The number of nitrogens with zero attached hydrogens (tertiary/aromatic N) is 1. The Kier molecular flexibility index (Phi) is 4.94. The van der Waals surface area contributed by atoms with Gasteiger partial charge in [0, 0.05) is 12.3 Å². The van der Waals surface area contributed by atoms with E-state index in [2.05, 4.69) is 10.3 Å². The van der Waals surface area contributed by atoms with Crippen molar-refractivity contribution in [3.05, 3.63) is 58.8 Å². The summed E-state index contributed by atoms with van der Waals surface area (Å²) < 4.78 is 5.24. The molecule has 0 aliphatic heterocycles. The second-order valence-corrected chi connectivity index (χ2v) is 5.17. The van der Waals surface area contributed by atoms with Crippen molar-refractivity contribution in [3.63, 3.8) is 0 Å². The summed E-state index contributed by atoms with van der Waals surface area (Å²) in [7, 11) is 1.65. The third kappa shape index (κ3) is 3.73. The molecule has 1 amide bonds. The number of amides is 1. The summed E-state index contributed by atoms with van der Waals surface area (Å²) in [5.74, 6) is 1.21. The zero-order chi connectivity index (χ0) is 16.1. The van der Waals surface area contributed by atoms with Crippen LogP contribution in [0.25, 0.3) is 6.08 Å². The minimum Gasteiger partial charge on any atom is -0.497 e. The van der Waals surface area contributed by atoms with Gasteiger partial charge in [-0.2, -0.15) is 0 Å². The largest absolute Gasteiger partial charge is 0.497 e. The lowest BCUT2D eigenvalue weighted by molar-refractivity contribution is -0.111. The quantitative estimate of drug-likeness (QED) is 0.876. The second kappa shape index (κ2) is 6.89. The molecule has 1 aromatic carbocycles. The van der Waals surface area contributed by atoms with Crippen molar-refractivity contribution in [1.29, 1.82) is 0 Å². The van der Waals surface area contributed by atoms with E-state index in [9.17, 15) is 4.79 Å². The molecule has 114 valence electrons. The van der Waals surface area contributed by atoms with E-state index < -0.39 is 0 Å². The Balaban J connectivity index is 2.15. The third-order valence-corrected chi connectivity index (χ3v) is 3.46. The van der Waals surface area contributed by atoms with Gasteiger partial charge in [0.15, 0.2) is 0 Å². The molecule has 0 spiro atoms. The van der Waals surface area contributed by atoms with E-state index in [-0.39, 0.29) is 5.91 Å². The zero-order valence-corrected chi connectivity index (χ0v) is 13.3. The first-order chi connectivity index (χ1) is 10.5. The Morgan fingerprint density at radius 3 is 2.45 bits per heavy atom. The molecule has 0 saturated carbocycles. The number of anilines is 1. The van der Waals surface area contributed by atoms with E-state index in [1.54, 1.807) is 13.3 Å². The first-order valence-corrected chi connectivity index (χ1v) is 7.07. The Labute approximate surface area is 130 Å². The van der Waals surface area contributed by atoms with Gasteiger partial charge in [-0.25, -0.2) is 4.98 Å². The van der Waals surface area contributed by atoms with Gasteiger partial charge in [-0.1, -0.05) is 6.07 Å². The molecule has 1 N–H and O–H groups in total. The number of methoxy groups -OCH3 is 1. The van der Waals surface area contributed by atoms with Crippen molar-refractivity contribution < 1.29 is 9.53 Å². The van der Waals surface area contributed by atoms with E-state index in [0.29, 0.717) is 5.82 Å². The number of aryl methyl sites for hydroxylation is 3. The topological polar surface area (TPSA) is 51.2 Å². The number of carbonyl (C=O) groups excluding carboxylic acids is 1. The fraction of sp³-hybridized carbons (Fsp3) is 0.222. The van der Waals surface area contributed by atoms with E-state index in [1.807, 2.05) is 51.1 Å². The van der Waals surface area contributed by atoms with Crippen LogP contribution in [0.4, 0.5) is 5.82 Å². The molecule has 0 saturated heterocycles. The van der Waals surface area contributed by atoms with Gasteiger partial charge >= 0.3 is 0 Å². The zero-order valence-electron chi connectivity index (χ0n) is 13.3. The predicted molar refractivity (Wildman–Crippen MR) is 89.1 cm³/mol. The Morgan fingerprint density at radius 2 is 1.86 bits per heavy atom. The number of pyridine rings is 1. The highest BCUT2D eigenvalue weighted by molar-refractivity contribution is 6.01. The van der Waals surface area contributed by atoms with E-state index in [1.165, 1.54) is 6.08 Å². The second-order valence-electron chi connectivity index (χ2n) is 5.17. The number of hydrogen-bond acceptors (Lipinski definition) is 3. The summed E-state index contributed by atoms with van der Waals surface area (Å²) in [6, 6.07) is 7.65. The molecule has 0 atom stereocenters. The van der Waals surface area contributed by atoms with Crippen molar-refractivity contribution >= 4 is 17.8 Å². The number of ether oxygens (including phenoxy) is 1. The molecule has 0 aliphatic carbocycles. The molecule has 1 aromatic heterocycles. The average Bonchev–Trinajstić information content (AvgIpc) is 2.48. The van der Waals surface area contributed by atoms with Crippen LogP contribution in [-0.2, 0) is 4.79 Å². The predicted octanol–water partition coefficient (Wildman–Crippen LogP) is 3.67. The SMILES string of the molecule is COc1cc(C)c(/C=C/C(=O)Nc2ncccc2C)c(C)c1. The van der Waals surface area contributed by atoms with Crippen molar-refractivity contribution in [2.75, 3.05) is 12.4 Å². The molecular weight excluding hydrogens is 276 g/mol. The molecule has 2 aromatic rings. The minimum atomic E-state index is -0.198. The van der Waals surface area contributed by atoms with Crippen LogP contribution in [0.5, 0.6) is 5.75 Å². The molecule has 0 fully saturated rings. The minimum absolute atomic E-state index is 0.198. The van der Waals surface area contributed by atoms with Crippen molar-refractivity contribution in [1.82, 2.24) is 4.98 Å². The normalized spacial score (nSPS) is 10.7. The van der Waals surface area contributed by atoms with E-state index in [4.69, 9.17) is 4.74 Å². The average molecular weight is 296 g/mol. The molecular formula is C18H20N2O2. The Morgan fingerprint density at radius 1 is 1.18 bits per heavy atom. The first kappa shape index (κ1) is 15.8. The van der Waals surface area contributed by atoms with Crippen LogP contribution in [0.2, 0.25) is 0 Å². The molecule has 0 aliphatic rings. The molecule has 2 rings (SSSR count). The fourth-order valence-corrected chi connectivity index (χ4v) is 2.25. The van der Waals surface area contributed by atoms with Crippen LogP contribution in [0.15, 0.2) is 36.5 Å². The highest BCUT2D eigenvalue weighted by Crippen LogP contribution is 2.22. The fourth-order valence-electron chi connectivity index (χ4n) is 2.25. The molecule has 4 nitrogen and oxygen atoms in total. The summed E-state index contributed by atoms with van der Waals surface area (Å²) in [6.45, 7) is 5.90. The van der Waals surface area contributed by atoms with Gasteiger partial charge in [-0.15, -0.1) is 0 Å². The number of carbonyl (C=O) groups is 1. The molecule has 0 unspecified atom stereocenters. The molecule has 22 heavy (non-hydrogen) atoms. The third-order valence-electron chi connectivity index (χ3n) is 3.46. The maximum atomic E-state index is 12.0. The van der Waals surface area contributed by atoms with Crippen LogP contribution >= 0.6 is 0 Å². The summed E-state index contributed by atoms with van der Waals surface area (Å²) in [5, 5.41) is 2.78. The smallest absolute Gasteiger partial charge is 0.249 e. The van der Waals surface area contributed by atoms with Gasteiger partial charge < -0.3 is 10.1 Å². The maximum Gasteiger partial charge on any atom is 0.249 e. The van der Waals surface area contributed by atoms with E-state index >= 15 is 0 Å². The van der Waals surface area contributed by atoms with E-state index in [0.717, 1.165) is 28.0 Å². The number of hydrogen-bond donors (Lipinski definition) is 1. The molecule has 4 heteroatoms. The monoisotopic (exact) mass is 296 g/mol. The van der Waals surface area contributed by atoms with Gasteiger partial charge in [-0.3, -0.25) is 4.79 Å². The number of nitrogens with one attached hydrogen (secondary N) is 1. The summed E-state index contributed by atoms with van der Waals surface area (Å²) >= 11 is 0. The lowest BCUT2D eigenvalue weighted by Gasteiger charge is -2.09. The number of rotatable bonds is 4. The van der Waals surface area contributed by atoms with Gasteiger partial charge in [0.2, 0.25) is 5.91 Å². The lowest BCUT2D eigenvalue weighted by Crippen LogP contribution is -2.10. The van der Waals surface area contributed by atoms with Crippen LogP contribution < -0.4 is 10.1 Å². The van der Waals surface area contributed by atoms with Crippen LogP contribution in [0.3, 0.4) is 0 Å². The Bertz CT molecular complexity index is 698. The van der Waals surface area contributed by atoms with Gasteiger partial charge in [0.1, 0.15) is 11.6 Å². The van der Waals surface area contributed by atoms with Crippen molar-refractivity contribution in [2.24, 2.45) is 0 Å². The van der Waals surface area contributed by atoms with Gasteiger partial charge in [-0.05, 0) is 67.3 Å². The highest BCUT2D eigenvalue weighted by atomic mass is 16.5. The summed E-state index contributed by atoms with van der Waals surface area (Å²) in [4.78, 5) is 16.2. The lowest BCUT2D eigenvalue weighted by atomic mass is 10.0. The van der Waals surface area contributed by atoms with Crippen LogP contribution in [0, 0.1) is 20.8 Å². The van der Waals surface area contributed by atoms with Crippen molar-refractivity contribution in [2.45, 2.75) is 20.8 Å². The van der Waals surface area contributed by atoms with Crippen LogP contribution in [0.1, 0.15) is 22.3 Å². The van der Waals surface area contributed by atoms with Crippen LogP contribution in [-0.4, -0.2) is 18.0 Å². The molecule has 0 radical (unpaired) electrons. The maximum absolute atomic E-state index is 12.0. The molecule has 0 bridgehead atoms. The first-order valence-electron chi connectivity index (χ1n) is 7.07. The van der Waals surface area contributed by atoms with Gasteiger partial charge in [0.05, 0.1) is 7.11 Å². The van der Waals surface area contributed by atoms with Gasteiger partial charge in [0.25, 0.3) is 0 Å². The standard InChI is InChI=1S/C18H20N2O2/c1-12-6-5-9-19-18(12)20-17(21)8-7-16-13(2)10-15(22-4)11-14(16)3/h5-11H,1-4H3,(H,19,20,21)/b8-7+.